The zero-order valence-electron chi connectivity index (χ0n) is 16.9. The summed E-state index contributed by atoms with van der Waals surface area (Å²) in [5.41, 5.74) is 1.90. The number of aryl methyl sites for hydroxylation is 1. The van der Waals surface area contributed by atoms with Gasteiger partial charge in [-0.1, -0.05) is 37.3 Å². The van der Waals surface area contributed by atoms with E-state index in [0.717, 1.165) is 5.69 Å². The average molecular weight is 433 g/mol. The molecule has 156 valence electrons. The number of aliphatic hydroxyl groups is 1. The van der Waals surface area contributed by atoms with E-state index in [1.807, 2.05) is 59.3 Å². The maximum Gasteiger partial charge on any atom is 0.209 e. The molecule has 10 heteroatoms. The van der Waals surface area contributed by atoms with Crippen LogP contribution >= 0.6 is 11.3 Å². The number of tetrazole rings is 1. The van der Waals surface area contributed by atoms with E-state index in [1.54, 1.807) is 13.3 Å². The van der Waals surface area contributed by atoms with Crippen LogP contribution in [0, 0.1) is 0 Å². The summed E-state index contributed by atoms with van der Waals surface area (Å²) in [7, 11) is 1.58. The van der Waals surface area contributed by atoms with Crippen LogP contribution in [-0.2, 0) is 12.0 Å². The number of H-pyrrole nitrogens is 1. The summed E-state index contributed by atoms with van der Waals surface area (Å²) < 4.78 is 7.49. The van der Waals surface area contributed by atoms with Crippen LogP contribution in [0.1, 0.15) is 28.9 Å². The highest BCUT2D eigenvalue weighted by Gasteiger charge is 2.41. The van der Waals surface area contributed by atoms with Gasteiger partial charge in [0.05, 0.1) is 12.7 Å². The highest BCUT2D eigenvalue weighted by molar-refractivity contribution is 7.09. The summed E-state index contributed by atoms with van der Waals surface area (Å²) in [6, 6.07) is 11.3. The normalized spacial score (nSPS) is 13.4. The van der Waals surface area contributed by atoms with Crippen LogP contribution in [0.4, 0.5) is 0 Å². The zero-order valence-corrected chi connectivity index (χ0v) is 17.7. The van der Waals surface area contributed by atoms with Gasteiger partial charge < -0.3 is 14.2 Å². The van der Waals surface area contributed by atoms with Crippen LogP contribution in [0.25, 0.3) is 17.0 Å². The van der Waals surface area contributed by atoms with Crippen LogP contribution in [-0.4, -0.2) is 47.2 Å². The molecule has 1 aromatic carbocycles. The number of nitrogens with one attached hydrogen (secondary N) is 1. The summed E-state index contributed by atoms with van der Waals surface area (Å²) in [5, 5.41) is 28.8. The number of thiazole rings is 1. The summed E-state index contributed by atoms with van der Waals surface area (Å²) >= 11 is 1.39. The SMILES string of the molecule is CCc1c(C(O)(c2ccccc2)c2nccs2)nc2cc(OC)c(-c3nn[nH]n3)cn12. The van der Waals surface area contributed by atoms with E-state index in [0.29, 0.717) is 45.5 Å². The summed E-state index contributed by atoms with van der Waals surface area (Å²) in [4.78, 5) is 9.30. The van der Waals surface area contributed by atoms with Gasteiger partial charge in [0, 0.05) is 29.5 Å². The van der Waals surface area contributed by atoms with Gasteiger partial charge in [-0.05, 0) is 17.2 Å². The third-order valence-corrected chi connectivity index (χ3v) is 6.12. The van der Waals surface area contributed by atoms with Crippen molar-refractivity contribution in [2.45, 2.75) is 18.9 Å². The minimum Gasteiger partial charge on any atom is -0.496 e. The lowest BCUT2D eigenvalue weighted by molar-refractivity contribution is 0.120. The number of imidazole rings is 1. The predicted octanol–water partition coefficient (Wildman–Crippen LogP) is 2.83. The first-order chi connectivity index (χ1) is 15.2. The number of hydrogen-bond donors (Lipinski definition) is 2. The van der Waals surface area contributed by atoms with Crippen molar-refractivity contribution >= 4 is 17.0 Å². The van der Waals surface area contributed by atoms with E-state index in [-0.39, 0.29) is 0 Å². The number of methoxy groups -OCH3 is 1. The lowest BCUT2D eigenvalue weighted by Gasteiger charge is -2.26. The van der Waals surface area contributed by atoms with Crippen molar-refractivity contribution in [1.82, 2.24) is 35.0 Å². The Morgan fingerprint density at radius 3 is 2.74 bits per heavy atom. The molecule has 9 nitrogen and oxygen atoms in total. The summed E-state index contributed by atoms with van der Waals surface area (Å²) in [5.74, 6) is 0.972. The fourth-order valence-corrected chi connectivity index (χ4v) is 4.56. The first-order valence-corrected chi connectivity index (χ1v) is 10.6. The molecule has 5 aromatic rings. The van der Waals surface area contributed by atoms with E-state index in [9.17, 15) is 5.11 Å². The minimum atomic E-state index is -1.49. The van der Waals surface area contributed by atoms with Crippen LogP contribution in [0.15, 0.2) is 54.2 Å². The van der Waals surface area contributed by atoms with Gasteiger partial charge >= 0.3 is 0 Å². The quantitative estimate of drug-likeness (QED) is 0.423. The van der Waals surface area contributed by atoms with Crippen LogP contribution in [0.3, 0.4) is 0 Å². The number of ether oxygens (including phenoxy) is 1. The third kappa shape index (κ3) is 2.99. The molecular formula is C21H19N7O2S. The molecule has 0 bridgehead atoms. The Morgan fingerprint density at radius 2 is 2.10 bits per heavy atom. The van der Waals surface area contributed by atoms with Gasteiger partial charge in [0.25, 0.3) is 0 Å². The fraction of sp³-hybridized carbons (Fsp3) is 0.190. The monoisotopic (exact) mass is 433 g/mol. The second-order valence-corrected chi connectivity index (χ2v) is 7.79. The predicted molar refractivity (Wildman–Crippen MR) is 115 cm³/mol. The number of pyridine rings is 1. The number of rotatable bonds is 6. The lowest BCUT2D eigenvalue weighted by Crippen LogP contribution is -2.30. The fourth-order valence-electron chi connectivity index (χ4n) is 3.80. The second-order valence-electron chi connectivity index (χ2n) is 6.89. The molecule has 0 amide bonds. The largest absolute Gasteiger partial charge is 0.496 e. The van der Waals surface area contributed by atoms with Crippen molar-refractivity contribution in [2.75, 3.05) is 7.11 Å². The average Bonchev–Trinajstić information content (AvgIpc) is 3.58. The summed E-state index contributed by atoms with van der Waals surface area (Å²) in [6.45, 7) is 2.03. The molecule has 0 aliphatic heterocycles. The molecule has 31 heavy (non-hydrogen) atoms. The molecule has 4 aromatic heterocycles. The molecule has 5 rings (SSSR count). The van der Waals surface area contributed by atoms with Crippen molar-refractivity contribution in [1.29, 1.82) is 0 Å². The van der Waals surface area contributed by atoms with Gasteiger partial charge in [0.1, 0.15) is 22.1 Å². The molecule has 0 saturated carbocycles. The zero-order chi connectivity index (χ0) is 21.4. The van der Waals surface area contributed by atoms with Crippen LogP contribution in [0.2, 0.25) is 0 Å². The number of aromatic amines is 1. The topological polar surface area (TPSA) is 114 Å². The molecule has 0 saturated heterocycles. The Labute approximate surface area is 181 Å². The first-order valence-electron chi connectivity index (χ1n) is 9.68. The lowest BCUT2D eigenvalue weighted by atomic mass is 9.89. The molecule has 0 spiro atoms. The molecule has 0 aliphatic rings. The number of nitrogens with zero attached hydrogens (tertiary/aromatic N) is 6. The Morgan fingerprint density at radius 1 is 1.26 bits per heavy atom. The Hall–Kier alpha value is -3.63. The van der Waals surface area contributed by atoms with E-state index < -0.39 is 5.60 Å². The van der Waals surface area contributed by atoms with Crippen LogP contribution in [0.5, 0.6) is 5.75 Å². The molecular weight excluding hydrogens is 414 g/mol. The Bertz CT molecular complexity index is 1320. The Balaban J connectivity index is 1.81. The van der Waals surface area contributed by atoms with Gasteiger partial charge in [-0.25, -0.2) is 9.97 Å². The Kier molecular flexibility index (Phi) is 4.72. The number of benzene rings is 1. The van der Waals surface area contributed by atoms with Crippen molar-refractivity contribution in [2.24, 2.45) is 0 Å². The number of fused-ring (bicyclic) bond motifs is 1. The smallest absolute Gasteiger partial charge is 0.209 e. The van der Waals surface area contributed by atoms with Gasteiger partial charge in [0.2, 0.25) is 5.82 Å². The van der Waals surface area contributed by atoms with E-state index in [1.165, 1.54) is 11.3 Å². The van der Waals surface area contributed by atoms with E-state index in [2.05, 4.69) is 25.6 Å². The van der Waals surface area contributed by atoms with E-state index >= 15 is 0 Å². The van der Waals surface area contributed by atoms with Gasteiger partial charge in [-0.2, -0.15) is 5.21 Å². The number of hydrogen-bond acceptors (Lipinski definition) is 8. The van der Waals surface area contributed by atoms with Gasteiger partial charge in [0.15, 0.2) is 5.60 Å². The summed E-state index contributed by atoms with van der Waals surface area (Å²) in [6.07, 6.45) is 4.18. The van der Waals surface area contributed by atoms with Gasteiger partial charge in [-0.15, -0.1) is 21.5 Å². The molecule has 0 aliphatic carbocycles. The molecule has 0 radical (unpaired) electrons. The van der Waals surface area contributed by atoms with Crippen LogP contribution < -0.4 is 4.74 Å². The first kappa shape index (κ1) is 19.3. The second kappa shape index (κ2) is 7.56. The van der Waals surface area contributed by atoms with Gasteiger partial charge in [-0.3, -0.25) is 0 Å². The molecule has 1 atom stereocenters. The van der Waals surface area contributed by atoms with Crippen molar-refractivity contribution in [3.05, 3.63) is 76.1 Å². The van der Waals surface area contributed by atoms with Crippen molar-refractivity contribution in [3.63, 3.8) is 0 Å². The maximum atomic E-state index is 12.1. The molecule has 4 heterocycles. The third-order valence-electron chi connectivity index (χ3n) is 5.24. The molecule has 2 N–H and O–H groups in total. The minimum absolute atomic E-state index is 0.411. The van der Waals surface area contributed by atoms with Crippen molar-refractivity contribution < 1.29 is 9.84 Å². The maximum absolute atomic E-state index is 12.1. The highest BCUT2D eigenvalue weighted by Crippen LogP contribution is 2.40. The highest BCUT2D eigenvalue weighted by atomic mass is 32.1. The number of aromatic nitrogens is 7. The standard InChI is InChI=1S/C21H19N7O2S/c1-3-15-18(21(29,20-22-9-10-31-20)13-7-5-4-6-8-13)23-17-11-16(30-2)14(12-28(15)17)19-24-26-27-25-19/h4-12,29H,3H2,1-2H3,(H,24,25,26,27). The molecule has 0 fully saturated rings. The molecule has 1 unspecified atom stereocenters. The van der Waals surface area contributed by atoms with E-state index in [4.69, 9.17) is 9.72 Å². The van der Waals surface area contributed by atoms with Crippen molar-refractivity contribution in [3.8, 4) is 17.1 Å².